The number of hydrogen-bond acceptors (Lipinski definition) is 3. The Morgan fingerprint density at radius 3 is 2.73 bits per heavy atom. The minimum Gasteiger partial charge on any atom is -0.396 e. The summed E-state index contributed by atoms with van der Waals surface area (Å²) in [6, 6.07) is 9.88. The highest BCUT2D eigenvalue weighted by molar-refractivity contribution is 6.05. The molecule has 0 atom stereocenters. The summed E-state index contributed by atoms with van der Waals surface area (Å²) in [6.07, 6.45) is 3.84. The van der Waals surface area contributed by atoms with Gasteiger partial charge in [0.05, 0.1) is 11.1 Å². The number of amides is 1. The molecule has 4 nitrogen and oxygen atoms in total. The van der Waals surface area contributed by atoms with Crippen LogP contribution < -0.4 is 5.32 Å². The van der Waals surface area contributed by atoms with E-state index in [1.54, 1.807) is 0 Å². The lowest BCUT2D eigenvalue weighted by molar-refractivity contribution is 0.0915. The van der Waals surface area contributed by atoms with E-state index in [-0.39, 0.29) is 18.6 Å². The Morgan fingerprint density at radius 1 is 1.23 bits per heavy atom. The van der Waals surface area contributed by atoms with Gasteiger partial charge in [-0.2, -0.15) is 0 Å². The maximum Gasteiger partial charge on any atom is 0.253 e. The van der Waals surface area contributed by atoms with Crippen molar-refractivity contribution >= 4 is 16.8 Å². The molecule has 4 heteroatoms. The molecule has 2 aromatic rings. The normalized spacial score (nSPS) is 21.7. The van der Waals surface area contributed by atoms with Gasteiger partial charge in [0.25, 0.3) is 5.91 Å². The Hall–Kier alpha value is -1.94. The number of rotatable bonds is 3. The number of carbonyl (C=O) groups is 1. The van der Waals surface area contributed by atoms with Crippen molar-refractivity contribution in [1.82, 2.24) is 10.3 Å². The molecule has 22 heavy (non-hydrogen) atoms. The molecule has 1 aliphatic carbocycles. The van der Waals surface area contributed by atoms with Crippen LogP contribution in [0.1, 0.15) is 41.7 Å². The van der Waals surface area contributed by atoms with Crippen molar-refractivity contribution in [2.75, 3.05) is 6.61 Å². The number of benzene rings is 1. The molecule has 116 valence electrons. The van der Waals surface area contributed by atoms with Gasteiger partial charge in [-0.15, -0.1) is 0 Å². The van der Waals surface area contributed by atoms with Crippen LogP contribution in [-0.2, 0) is 0 Å². The van der Waals surface area contributed by atoms with Gasteiger partial charge in [0.2, 0.25) is 0 Å². The number of aliphatic hydroxyl groups is 1. The van der Waals surface area contributed by atoms with Gasteiger partial charge in [0, 0.05) is 23.7 Å². The van der Waals surface area contributed by atoms with E-state index in [1.165, 1.54) is 0 Å². The molecule has 1 heterocycles. The molecule has 3 rings (SSSR count). The largest absolute Gasteiger partial charge is 0.396 e. The molecule has 0 spiro atoms. The second-order valence-corrected chi connectivity index (χ2v) is 6.20. The molecule has 1 saturated carbocycles. The Kier molecular flexibility index (Phi) is 4.39. The predicted octanol–water partition coefficient (Wildman–Crippen LogP) is 2.82. The molecule has 1 aromatic heterocycles. The number of pyridine rings is 1. The van der Waals surface area contributed by atoms with Gasteiger partial charge < -0.3 is 10.4 Å². The topological polar surface area (TPSA) is 62.2 Å². The summed E-state index contributed by atoms with van der Waals surface area (Å²) in [5.74, 6) is 0.353. The van der Waals surface area contributed by atoms with Gasteiger partial charge in [0.15, 0.2) is 0 Å². The zero-order valence-corrected chi connectivity index (χ0v) is 12.9. The number of nitrogens with zero attached hydrogens (tertiary/aromatic N) is 1. The predicted molar refractivity (Wildman–Crippen MR) is 86.8 cm³/mol. The fraction of sp³-hybridized carbons (Fsp3) is 0.444. The monoisotopic (exact) mass is 298 g/mol. The third kappa shape index (κ3) is 3.12. The molecule has 2 N–H and O–H groups in total. The molecule has 0 saturated heterocycles. The highest BCUT2D eigenvalue weighted by atomic mass is 16.3. The number of aliphatic hydroxyl groups excluding tert-OH is 1. The summed E-state index contributed by atoms with van der Waals surface area (Å²) in [7, 11) is 0. The van der Waals surface area contributed by atoms with Crippen LogP contribution in [0, 0.1) is 12.8 Å². The van der Waals surface area contributed by atoms with E-state index in [2.05, 4.69) is 10.3 Å². The van der Waals surface area contributed by atoms with Crippen LogP contribution in [-0.4, -0.2) is 28.6 Å². The zero-order chi connectivity index (χ0) is 15.5. The van der Waals surface area contributed by atoms with Gasteiger partial charge >= 0.3 is 0 Å². The van der Waals surface area contributed by atoms with E-state index in [9.17, 15) is 9.90 Å². The van der Waals surface area contributed by atoms with Crippen molar-refractivity contribution in [1.29, 1.82) is 0 Å². The summed E-state index contributed by atoms with van der Waals surface area (Å²) in [5, 5.41) is 13.3. The molecular weight excluding hydrogens is 276 g/mol. The van der Waals surface area contributed by atoms with E-state index < -0.39 is 0 Å². The van der Waals surface area contributed by atoms with Crippen molar-refractivity contribution in [3.05, 3.63) is 41.6 Å². The molecular formula is C18H22N2O2. The highest BCUT2D eigenvalue weighted by Crippen LogP contribution is 2.24. The lowest BCUT2D eigenvalue weighted by atomic mass is 9.86. The Balaban J connectivity index is 1.77. The van der Waals surface area contributed by atoms with E-state index in [0.29, 0.717) is 11.5 Å². The van der Waals surface area contributed by atoms with Gasteiger partial charge in [-0.05, 0) is 50.7 Å². The second-order valence-electron chi connectivity index (χ2n) is 6.20. The van der Waals surface area contributed by atoms with E-state index >= 15 is 0 Å². The number of nitrogens with one attached hydrogen (secondary N) is 1. The number of fused-ring (bicyclic) bond motifs is 1. The van der Waals surface area contributed by atoms with Gasteiger partial charge in [-0.1, -0.05) is 18.2 Å². The molecule has 1 aromatic carbocycles. The fourth-order valence-electron chi connectivity index (χ4n) is 3.18. The second kappa shape index (κ2) is 6.44. The van der Waals surface area contributed by atoms with Gasteiger partial charge in [0.1, 0.15) is 0 Å². The average molecular weight is 298 g/mol. The number of carbonyl (C=O) groups excluding carboxylic acids is 1. The standard InChI is InChI=1S/C18H22N2O2/c1-12-5-8-14-3-2-4-16(17(14)19-12)18(22)20-15-9-6-13(11-21)7-10-15/h2-5,8,13,15,21H,6-7,9-11H2,1H3,(H,20,22). The molecule has 1 aliphatic rings. The van der Waals surface area contributed by atoms with Crippen molar-refractivity contribution in [2.45, 2.75) is 38.6 Å². The number of aryl methyl sites for hydroxylation is 1. The third-order valence-electron chi connectivity index (χ3n) is 4.54. The summed E-state index contributed by atoms with van der Waals surface area (Å²) in [5.41, 5.74) is 2.32. The van der Waals surface area contributed by atoms with Crippen molar-refractivity contribution in [3.63, 3.8) is 0 Å². The first-order chi connectivity index (χ1) is 10.7. The van der Waals surface area contributed by atoms with Crippen LogP contribution in [0.4, 0.5) is 0 Å². The molecule has 0 unspecified atom stereocenters. The van der Waals surface area contributed by atoms with Crippen molar-refractivity contribution < 1.29 is 9.90 Å². The summed E-state index contributed by atoms with van der Waals surface area (Å²) in [4.78, 5) is 17.1. The van der Waals surface area contributed by atoms with Crippen LogP contribution in [0.15, 0.2) is 30.3 Å². The Labute approximate surface area is 130 Å². The van der Waals surface area contributed by atoms with Crippen molar-refractivity contribution in [3.8, 4) is 0 Å². The molecule has 0 radical (unpaired) electrons. The molecule has 1 fully saturated rings. The smallest absolute Gasteiger partial charge is 0.253 e. The lowest BCUT2D eigenvalue weighted by Crippen LogP contribution is -2.38. The van der Waals surface area contributed by atoms with Crippen LogP contribution in [0.2, 0.25) is 0 Å². The molecule has 0 bridgehead atoms. The lowest BCUT2D eigenvalue weighted by Gasteiger charge is -2.28. The van der Waals surface area contributed by atoms with Crippen LogP contribution in [0.25, 0.3) is 10.9 Å². The SMILES string of the molecule is Cc1ccc2cccc(C(=O)NC3CCC(CO)CC3)c2n1. The minimum atomic E-state index is -0.0452. The number of para-hydroxylation sites is 1. The quantitative estimate of drug-likeness (QED) is 0.916. The third-order valence-corrected chi connectivity index (χ3v) is 4.54. The number of hydrogen-bond donors (Lipinski definition) is 2. The Morgan fingerprint density at radius 2 is 2.00 bits per heavy atom. The Bertz CT molecular complexity index is 676. The molecule has 0 aliphatic heterocycles. The first-order valence-electron chi connectivity index (χ1n) is 7.95. The van der Waals surface area contributed by atoms with Crippen molar-refractivity contribution in [2.24, 2.45) is 5.92 Å². The maximum atomic E-state index is 12.6. The zero-order valence-electron chi connectivity index (χ0n) is 12.9. The summed E-state index contributed by atoms with van der Waals surface area (Å²) in [6.45, 7) is 2.19. The number of aromatic nitrogens is 1. The van der Waals surface area contributed by atoms with Crippen LogP contribution >= 0.6 is 0 Å². The first kappa shape index (κ1) is 15.0. The average Bonchev–Trinajstić information content (AvgIpc) is 2.55. The maximum absolute atomic E-state index is 12.6. The fourth-order valence-corrected chi connectivity index (χ4v) is 3.18. The summed E-state index contributed by atoms with van der Waals surface area (Å²) < 4.78 is 0. The van der Waals surface area contributed by atoms with Gasteiger partial charge in [-0.3, -0.25) is 9.78 Å². The van der Waals surface area contributed by atoms with Crippen LogP contribution in [0.5, 0.6) is 0 Å². The van der Waals surface area contributed by atoms with E-state index in [0.717, 1.165) is 42.3 Å². The summed E-state index contributed by atoms with van der Waals surface area (Å²) >= 11 is 0. The van der Waals surface area contributed by atoms with E-state index in [1.807, 2.05) is 37.3 Å². The van der Waals surface area contributed by atoms with Crippen LogP contribution in [0.3, 0.4) is 0 Å². The molecule has 1 amide bonds. The first-order valence-corrected chi connectivity index (χ1v) is 7.95. The van der Waals surface area contributed by atoms with E-state index in [4.69, 9.17) is 0 Å². The highest BCUT2D eigenvalue weighted by Gasteiger charge is 2.23. The van der Waals surface area contributed by atoms with Gasteiger partial charge in [-0.25, -0.2) is 0 Å². The minimum absolute atomic E-state index is 0.0452.